The van der Waals surface area contributed by atoms with E-state index in [0.29, 0.717) is 6.54 Å². The van der Waals surface area contributed by atoms with Crippen LogP contribution >= 0.6 is 0 Å². The molecular weight excluding hydrogens is 90.1 g/mol. The minimum atomic E-state index is 0.0718. The van der Waals surface area contributed by atoms with Gasteiger partial charge in [-0.1, -0.05) is 6.08 Å². The lowest BCUT2D eigenvalue weighted by Crippen LogP contribution is -3.02. The van der Waals surface area contributed by atoms with Crippen molar-refractivity contribution in [3.8, 4) is 0 Å². The molecule has 0 aliphatic carbocycles. The van der Waals surface area contributed by atoms with Gasteiger partial charge in [-0.15, -0.1) is 0 Å². The van der Waals surface area contributed by atoms with Crippen molar-refractivity contribution in [3.05, 3.63) is 29.6 Å². The molecule has 37 valence electrons. The fourth-order valence-corrected chi connectivity index (χ4v) is 0.443. The summed E-state index contributed by atoms with van der Waals surface area (Å²) in [6, 6.07) is 0. The molecule has 0 aromatic heterocycles. The average molecular weight is 96.1 g/mol. The van der Waals surface area contributed by atoms with Crippen LogP contribution in [-0.2, 0) is 0 Å². The van der Waals surface area contributed by atoms with Gasteiger partial charge in [0.2, 0.25) is 0 Å². The van der Waals surface area contributed by atoms with Gasteiger partial charge < -0.3 is 10.3 Å². The van der Waals surface area contributed by atoms with E-state index in [1.54, 1.807) is 6.08 Å². The quantitative estimate of drug-likeness (QED) is 0.395. The Kier molecular flexibility index (Phi) is 1.24. The average Bonchev–Trinajstić information content (AvgIpc) is 1.69. The zero-order valence-corrected chi connectivity index (χ0v) is 3.85. The number of allylic oxidation sites excluding steroid dienone is 2. The zero-order valence-electron chi connectivity index (χ0n) is 3.85. The van der Waals surface area contributed by atoms with Crippen LogP contribution in [-0.4, -0.2) is 6.54 Å². The van der Waals surface area contributed by atoms with Gasteiger partial charge in [-0.2, -0.15) is 0 Å². The van der Waals surface area contributed by atoms with Crippen LogP contribution in [0.1, 0.15) is 0 Å². The number of hydrogen-bond acceptors (Lipinski definition) is 1. The molecule has 0 fully saturated rings. The van der Waals surface area contributed by atoms with Crippen molar-refractivity contribution in [1.29, 1.82) is 0 Å². The third-order valence-corrected chi connectivity index (χ3v) is 0.780. The summed E-state index contributed by atoms with van der Waals surface area (Å²) < 4.78 is 0. The number of hydroxylamine groups is 2. The molecule has 7 heavy (non-hydrogen) atoms. The molecular formula is C5H6NO. The summed E-state index contributed by atoms with van der Waals surface area (Å²) in [5.74, 6) is 0. The SMILES string of the molecule is [O-][N@@H+]1[C]=CC=CC1. The highest BCUT2D eigenvalue weighted by molar-refractivity contribution is 4.99. The second-order valence-corrected chi connectivity index (χ2v) is 1.37. The van der Waals surface area contributed by atoms with Crippen LogP contribution in [0.3, 0.4) is 0 Å². The first-order valence-corrected chi connectivity index (χ1v) is 2.17. The molecule has 1 radical (unpaired) electrons. The van der Waals surface area contributed by atoms with Crippen molar-refractivity contribution in [3.63, 3.8) is 0 Å². The van der Waals surface area contributed by atoms with E-state index >= 15 is 0 Å². The molecule has 2 heteroatoms. The first kappa shape index (κ1) is 4.56. The topological polar surface area (TPSA) is 27.5 Å². The smallest absolute Gasteiger partial charge is 0.193 e. The standard InChI is InChI=1S/C5H6NO/c7-6-4-2-1-3-5-6/h1-3,6H,4H2. The molecule has 0 amide bonds. The molecule has 1 rings (SSSR count). The molecule has 0 unspecified atom stereocenters. The van der Waals surface area contributed by atoms with Crippen LogP contribution in [0.5, 0.6) is 0 Å². The summed E-state index contributed by atoms with van der Waals surface area (Å²) in [6.45, 7) is 0.524. The third-order valence-electron chi connectivity index (χ3n) is 0.780. The Bertz CT molecular complexity index is 107. The maximum atomic E-state index is 10.3. The van der Waals surface area contributed by atoms with Gasteiger partial charge in [0, 0.05) is 6.08 Å². The molecule has 0 bridgehead atoms. The highest BCUT2D eigenvalue weighted by atomic mass is 16.5. The van der Waals surface area contributed by atoms with E-state index in [1.165, 1.54) is 0 Å². The van der Waals surface area contributed by atoms with E-state index in [1.807, 2.05) is 12.2 Å². The van der Waals surface area contributed by atoms with Crippen molar-refractivity contribution < 1.29 is 5.06 Å². The Labute approximate surface area is 42.3 Å². The maximum absolute atomic E-state index is 10.3. The molecule has 1 aliphatic heterocycles. The van der Waals surface area contributed by atoms with Gasteiger partial charge in [0.05, 0.1) is 0 Å². The Morgan fingerprint density at radius 3 is 2.86 bits per heavy atom. The number of nitrogens with one attached hydrogen (secondary N) is 1. The van der Waals surface area contributed by atoms with E-state index in [-0.39, 0.29) is 5.06 Å². The first-order chi connectivity index (χ1) is 3.39. The number of rotatable bonds is 0. The van der Waals surface area contributed by atoms with Crippen molar-refractivity contribution in [1.82, 2.24) is 0 Å². The van der Waals surface area contributed by atoms with Crippen LogP contribution in [0.15, 0.2) is 18.2 Å². The second kappa shape index (κ2) is 1.91. The third kappa shape index (κ3) is 1.14. The lowest BCUT2D eigenvalue weighted by Gasteiger charge is -2.14. The first-order valence-electron chi connectivity index (χ1n) is 2.17. The van der Waals surface area contributed by atoms with E-state index in [4.69, 9.17) is 0 Å². The van der Waals surface area contributed by atoms with Crippen molar-refractivity contribution in [2.75, 3.05) is 6.54 Å². The molecule has 0 aromatic carbocycles. The van der Waals surface area contributed by atoms with Gasteiger partial charge >= 0.3 is 0 Å². The fourth-order valence-electron chi connectivity index (χ4n) is 0.443. The molecule has 0 saturated heterocycles. The Morgan fingerprint density at radius 2 is 2.57 bits per heavy atom. The van der Waals surface area contributed by atoms with Gasteiger partial charge in [0.1, 0.15) is 6.54 Å². The molecule has 1 N–H and O–H groups in total. The molecule has 0 aromatic rings. The summed E-state index contributed by atoms with van der Waals surface area (Å²) in [5.41, 5.74) is 0. The predicted molar refractivity (Wildman–Crippen MR) is 26.1 cm³/mol. The van der Waals surface area contributed by atoms with E-state index in [9.17, 15) is 5.21 Å². The highest BCUT2D eigenvalue weighted by Gasteiger charge is 1.89. The molecule has 0 spiro atoms. The van der Waals surface area contributed by atoms with Crippen molar-refractivity contribution in [2.45, 2.75) is 0 Å². The van der Waals surface area contributed by atoms with Gasteiger partial charge in [-0.05, 0) is 6.08 Å². The van der Waals surface area contributed by atoms with Crippen LogP contribution in [0.25, 0.3) is 0 Å². The highest BCUT2D eigenvalue weighted by Crippen LogP contribution is 1.73. The molecule has 1 aliphatic rings. The van der Waals surface area contributed by atoms with E-state index < -0.39 is 0 Å². The molecule has 2 nitrogen and oxygen atoms in total. The lowest BCUT2D eigenvalue weighted by atomic mass is 10.4. The van der Waals surface area contributed by atoms with Crippen LogP contribution in [0.2, 0.25) is 0 Å². The van der Waals surface area contributed by atoms with Gasteiger partial charge in [0.15, 0.2) is 6.20 Å². The monoisotopic (exact) mass is 96.0 g/mol. The predicted octanol–water partition coefficient (Wildman–Crippen LogP) is -0.744. The van der Waals surface area contributed by atoms with Crippen molar-refractivity contribution in [2.24, 2.45) is 0 Å². The number of hydrogen-bond donors (Lipinski definition) is 1. The fraction of sp³-hybridized carbons (Fsp3) is 0.200. The normalized spacial score (nSPS) is 28.4. The summed E-state index contributed by atoms with van der Waals surface area (Å²) in [7, 11) is 0. The van der Waals surface area contributed by atoms with E-state index in [2.05, 4.69) is 6.20 Å². The summed E-state index contributed by atoms with van der Waals surface area (Å²) in [4.78, 5) is 0. The maximum Gasteiger partial charge on any atom is 0.193 e. The zero-order chi connectivity index (χ0) is 5.11. The summed E-state index contributed by atoms with van der Waals surface area (Å²) in [6.07, 6.45) is 7.80. The summed E-state index contributed by atoms with van der Waals surface area (Å²) >= 11 is 0. The van der Waals surface area contributed by atoms with Crippen LogP contribution < -0.4 is 5.06 Å². The van der Waals surface area contributed by atoms with Crippen LogP contribution in [0.4, 0.5) is 0 Å². The minimum absolute atomic E-state index is 0.0718. The largest absolute Gasteiger partial charge is 0.628 e. The van der Waals surface area contributed by atoms with Gasteiger partial charge in [0.25, 0.3) is 0 Å². The molecule has 1 atom stereocenters. The second-order valence-electron chi connectivity index (χ2n) is 1.37. The Morgan fingerprint density at radius 1 is 1.71 bits per heavy atom. The Balaban J connectivity index is 2.49. The lowest BCUT2D eigenvalue weighted by molar-refractivity contribution is -0.798. The minimum Gasteiger partial charge on any atom is -0.628 e. The summed E-state index contributed by atoms with van der Waals surface area (Å²) in [5, 5.41) is 10.3. The molecule has 0 saturated carbocycles. The molecule has 1 heterocycles. The van der Waals surface area contributed by atoms with Crippen molar-refractivity contribution >= 4 is 0 Å². The van der Waals surface area contributed by atoms with Gasteiger partial charge in [-0.25, -0.2) is 0 Å². The van der Waals surface area contributed by atoms with Crippen LogP contribution in [0, 0.1) is 11.4 Å². The number of quaternary nitrogens is 1. The van der Waals surface area contributed by atoms with Gasteiger partial charge in [-0.3, -0.25) is 0 Å². The van der Waals surface area contributed by atoms with E-state index in [0.717, 1.165) is 0 Å². The Hall–Kier alpha value is -0.600.